The fourth-order valence-electron chi connectivity index (χ4n) is 2.16. The van der Waals surface area contributed by atoms with E-state index in [0.717, 1.165) is 16.7 Å². The van der Waals surface area contributed by atoms with Crippen molar-refractivity contribution in [1.82, 2.24) is 0 Å². The molecule has 0 saturated carbocycles. The molecule has 0 aromatic heterocycles. The molecule has 0 saturated heterocycles. The Balaban J connectivity index is 2.24. The normalized spacial score (nSPS) is 13.2. The second kappa shape index (κ2) is 3.77. The summed E-state index contributed by atoms with van der Waals surface area (Å²) < 4.78 is 18.7. The highest BCUT2D eigenvalue weighted by atomic mass is 19.1. The van der Waals surface area contributed by atoms with Gasteiger partial charge < -0.3 is 9.84 Å². The van der Waals surface area contributed by atoms with Gasteiger partial charge in [0.05, 0.1) is 6.61 Å². The van der Waals surface area contributed by atoms with Crippen LogP contribution in [0.15, 0.2) is 36.4 Å². The van der Waals surface area contributed by atoms with Crippen LogP contribution in [0.5, 0.6) is 11.5 Å². The van der Waals surface area contributed by atoms with E-state index in [2.05, 4.69) is 0 Å². The summed E-state index contributed by atoms with van der Waals surface area (Å²) in [7, 11) is 0. The summed E-state index contributed by atoms with van der Waals surface area (Å²) in [6.45, 7) is 0.493. The van der Waals surface area contributed by atoms with Gasteiger partial charge in [0.2, 0.25) is 0 Å². The summed E-state index contributed by atoms with van der Waals surface area (Å²) >= 11 is 0. The highest BCUT2D eigenvalue weighted by molar-refractivity contribution is 5.74. The fourth-order valence-corrected chi connectivity index (χ4v) is 2.16. The minimum absolute atomic E-state index is 0.245. The van der Waals surface area contributed by atoms with E-state index in [0.29, 0.717) is 18.8 Å². The predicted molar refractivity (Wildman–Crippen MR) is 62.7 cm³/mol. The van der Waals surface area contributed by atoms with Crippen LogP contribution in [-0.4, -0.2) is 11.7 Å². The van der Waals surface area contributed by atoms with Crippen molar-refractivity contribution in [3.63, 3.8) is 0 Å². The highest BCUT2D eigenvalue weighted by Gasteiger charge is 2.16. The topological polar surface area (TPSA) is 29.5 Å². The first-order valence-electron chi connectivity index (χ1n) is 5.49. The third-order valence-electron chi connectivity index (χ3n) is 2.95. The van der Waals surface area contributed by atoms with Crippen LogP contribution in [-0.2, 0) is 6.42 Å². The van der Waals surface area contributed by atoms with E-state index < -0.39 is 0 Å². The minimum Gasteiger partial charge on any atom is -0.508 e. The van der Waals surface area contributed by atoms with Crippen LogP contribution in [0.25, 0.3) is 11.1 Å². The van der Waals surface area contributed by atoms with Crippen molar-refractivity contribution in [2.45, 2.75) is 6.42 Å². The molecule has 0 atom stereocenters. The lowest BCUT2D eigenvalue weighted by atomic mass is 9.98. The van der Waals surface area contributed by atoms with Crippen LogP contribution in [0.3, 0.4) is 0 Å². The molecule has 3 rings (SSSR count). The average molecular weight is 230 g/mol. The third-order valence-corrected chi connectivity index (χ3v) is 2.95. The van der Waals surface area contributed by atoms with Crippen molar-refractivity contribution < 1.29 is 14.2 Å². The molecule has 1 aliphatic heterocycles. The number of aromatic hydroxyl groups is 1. The lowest BCUT2D eigenvalue weighted by Gasteiger charge is -2.08. The number of ether oxygens (including phenoxy) is 1. The fraction of sp³-hybridized carbons (Fsp3) is 0.143. The van der Waals surface area contributed by atoms with Gasteiger partial charge in [0.1, 0.15) is 17.3 Å². The van der Waals surface area contributed by atoms with Crippen LogP contribution in [0.4, 0.5) is 4.39 Å². The summed E-state index contributed by atoms with van der Waals surface area (Å²) in [5.74, 6) is 0.509. The molecule has 0 aliphatic carbocycles. The molecule has 86 valence electrons. The van der Waals surface area contributed by atoms with Gasteiger partial charge in [-0.25, -0.2) is 4.39 Å². The van der Waals surface area contributed by atoms with Crippen LogP contribution in [0.2, 0.25) is 0 Å². The number of benzene rings is 2. The Bertz CT molecular complexity index is 527. The van der Waals surface area contributed by atoms with E-state index in [1.165, 1.54) is 12.1 Å². The maximum atomic E-state index is 13.1. The van der Waals surface area contributed by atoms with E-state index in [-0.39, 0.29) is 11.6 Å². The zero-order valence-corrected chi connectivity index (χ0v) is 9.11. The zero-order valence-electron chi connectivity index (χ0n) is 9.11. The third kappa shape index (κ3) is 1.73. The molecule has 1 N–H and O–H groups in total. The van der Waals surface area contributed by atoms with Crippen molar-refractivity contribution in [3.05, 3.63) is 47.8 Å². The smallest absolute Gasteiger partial charge is 0.130 e. The second-order valence-corrected chi connectivity index (χ2v) is 4.08. The SMILES string of the molecule is Oc1ccc2c(c1)CCOc1cc(F)ccc1-2. The van der Waals surface area contributed by atoms with Gasteiger partial charge in [0.15, 0.2) is 0 Å². The number of halogens is 1. The Morgan fingerprint density at radius 1 is 1.06 bits per heavy atom. The first-order valence-corrected chi connectivity index (χ1v) is 5.49. The zero-order chi connectivity index (χ0) is 11.8. The molecule has 0 amide bonds. The number of hydrogen-bond donors (Lipinski definition) is 1. The Morgan fingerprint density at radius 3 is 2.76 bits per heavy atom. The van der Waals surface area contributed by atoms with Crippen molar-refractivity contribution in [2.24, 2.45) is 0 Å². The van der Waals surface area contributed by atoms with Gasteiger partial charge in [0, 0.05) is 18.1 Å². The van der Waals surface area contributed by atoms with Crippen molar-refractivity contribution >= 4 is 0 Å². The quantitative estimate of drug-likeness (QED) is 0.753. The maximum Gasteiger partial charge on any atom is 0.130 e. The van der Waals surface area contributed by atoms with E-state index >= 15 is 0 Å². The summed E-state index contributed by atoms with van der Waals surface area (Å²) in [6, 6.07) is 9.75. The molecule has 0 spiro atoms. The van der Waals surface area contributed by atoms with E-state index in [1.807, 2.05) is 6.07 Å². The van der Waals surface area contributed by atoms with Gasteiger partial charge in [-0.2, -0.15) is 0 Å². The Morgan fingerprint density at radius 2 is 1.88 bits per heavy atom. The minimum atomic E-state index is -0.300. The molecule has 2 aromatic carbocycles. The van der Waals surface area contributed by atoms with Gasteiger partial charge in [-0.3, -0.25) is 0 Å². The standard InChI is InChI=1S/C14H11FO2/c15-10-1-3-13-12-4-2-11(16)7-9(12)5-6-17-14(13)8-10/h1-4,7-8,16H,5-6H2. The molecule has 0 fully saturated rings. The lowest BCUT2D eigenvalue weighted by molar-refractivity contribution is 0.324. The van der Waals surface area contributed by atoms with Gasteiger partial charge in [0.25, 0.3) is 0 Å². The van der Waals surface area contributed by atoms with Crippen LogP contribution >= 0.6 is 0 Å². The Hall–Kier alpha value is -2.03. The van der Waals surface area contributed by atoms with Gasteiger partial charge in [-0.05, 0) is 35.4 Å². The van der Waals surface area contributed by atoms with Crippen molar-refractivity contribution in [3.8, 4) is 22.6 Å². The van der Waals surface area contributed by atoms with Gasteiger partial charge in [-0.1, -0.05) is 6.07 Å². The number of fused-ring (bicyclic) bond motifs is 3. The molecule has 0 radical (unpaired) electrons. The monoisotopic (exact) mass is 230 g/mol. The summed E-state index contributed by atoms with van der Waals surface area (Å²) in [6.07, 6.45) is 0.708. The van der Waals surface area contributed by atoms with E-state index in [4.69, 9.17) is 4.74 Å². The summed E-state index contributed by atoms with van der Waals surface area (Å²) in [5, 5.41) is 9.47. The maximum absolute atomic E-state index is 13.1. The van der Waals surface area contributed by atoms with E-state index in [9.17, 15) is 9.50 Å². The molecule has 0 unspecified atom stereocenters. The second-order valence-electron chi connectivity index (χ2n) is 4.08. The number of phenols is 1. The number of hydrogen-bond acceptors (Lipinski definition) is 2. The average Bonchev–Trinajstić information content (AvgIpc) is 2.47. The molecule has 2 nitrogen and oxygen atoms in total. The molecule has 1 heterocycles. The van der Waals surface area contributed by atoms with Crippen molar-refractivity contribution in [1.29, 1.82) is 0 Å². The molecular weight excluding hydrogens is 219 g/mol. The molecule has 3 heteroatoms. The lowest BCUT2D eigenvalue weighted by Crippen LogP contribution is -1.98. The summed E-state index contributed by atoms with van der Waals surface area (Å²) in [4.78, 5) is 0. The molecule has 2 aromatic rings. The van der Waals surface area contributed by atoms with Crippen LogP contribution < -0.4 is 4.74 Å². The highest BCUT2D eigenvalue weighted by Crippen LogP contribution is 2.36. The Labute approximate surface area is 98.3 Å². The first kappa shape index (κ1) is 10.1. The molecule has 17 heavy (non-hydrogen) atoms. The van der Waals surface area contributed by atoms with E-state index in [1.54, 1.807) is 18.2 Å². The largest absolute Gasteiger partial charge is 0.508 e. The van der Waals surface area contributed by atoms with Crippen LogP contribution in [0, 0.1) is 5.82 Å². The summed E-state index contributed by atoms with van der Waals surface area (Å²) in [5.41, 5.74) is 2.89. The Kier molecular flexibility index (Phi) is 2.25. The van der Waals surface area contributed by atoms with Crippen molar-refractivity contribution in [2.75, 3.05) is 6.61 Å². The van der Waals surface area contributed by atoms with Crippen LogP contribution in [0.1, 0.15) is 5.56 Å². The molecule has 1 aliphatic rings. The van der Waals surface area contributed by atoms with Gasteiger partial charge in [-0.15, -0.1) is 0 Å². The molecular formula is C14H11FO2. The van der Waals surface area contributed by atoms with Gasteiger partial charge >= 0.3 is 0 Å². The number of phenolic OH excluding ortho intramolecular Hbond substituents is 1. The molecule has 0 bridgehead atoms. The predicted octanol–water partition coefficient (Wildman–Crippen LogP) is 3.13. The number of rotatable bonds is 0. The first-order chi connectivity index (χ1) is 8.24.